The Morgan fingerprint density at radius 3 is 0.904 bits per heavy atom. The molecule has 7 heteroatoms. The monoisotopic (exact) mass is 1120 g/mol. The van der Waals surface area contributed by atoms with E-state index < -0.39 is 21.4 Å². The number of aryl methyl sites for hydroxylation is 8. The first-order chi connectivity index (χ1) is 35.2. The minimum atomic E-state index is -0.937. The van der Waals surface area contributed by atoms with Crippen molar-refractivity contribution in [3.05, 3.63) is 262 Å². The summed E-state index contributed by atoms with van der Waals surface area (Å²) in [5.74, 6) is 0. The van der Waals surface area contributed by atoms with E-state index in [9.17, 15) is 0 Å². The minimum absolute atomic E-state index is 0.346. The van der Waals surface area contributed by atoms with Gasteiger partial charge in [-0.2, -0.15) is 0 Å². The average molecular weight is 1120 g/mol. The maximum atomic E-state index is 6.41. The topological polar surface area (TPSA) is 52.0 Å². The van der Waals surface area contributed by atoms with Gasteiger partial charge in [0.2, 0.25) is 0 Å². The van der Waals surface area contributed by atoms with Gasteiger partial charge < -0.3 is 11.5 Å². The van der Waals surface area contributed by atoms with Crippen LogP contribution in [0.3, 0.4) is 0 Å². The van der Waals surface area contributed by atoms with E-state index in [1.807, 2.05) is 60.7 Å². The van der Waals surface area contributed by atoms with Gasteiger partial charge >= 0.3 is 34.5 Å². The molecular weight excluding hydrogens is 1050 g/mol. The van der Waals surface area contributed by atoms with Gasteiger partial charge in [-0.1, -0.05) is 251 Å². The third-order valence-corrected chi connectivity index (χ3v) is 18.1. The summed E-state index contributed by atoms with van der Waals surface area (Å²) >= 11 is -0.346. The van der Waals surface area contributed by atoms with Gasteiger partial charge in [0.05, 0.1) is 5.54 Å². The molecule has 0 aromatic heterocycles. The predicted octanol–water partition coefficient (Wildman–Crippen LogP) is 14.9. The second-order valence-electron chi connectivity index (χ2n) is 19.4. The normalized spacial score (nSPS) is 11.4. The summed E-state index contributed by atoms with van der Waals surface area (Å²) in [6.07, 6.45) is 0. The Balaban J connectivity index is 0.000000314. The van der Waals surface area contributed by atoms with Crippen LogP contribution in [0, 0.1) is 55.4 Å². The Labute approximate surface area is 452 Å². The first kappa shape index (κ1) is 54.0. The molecule has 0 aliphatic rings. The van der Waals surface area contributed by atoms with Gasteiger partial charge in [0, 0.05) is 6.54 Å². The maximum absolute atomic E-state index is 6.41. The Bertz CT molecular complexity index is 3110. The zero-order valence-electron chi connectivity index (χ0n) is 43.0. The molecule has 0 amide bonds. The van der Waals surface area contributed by atoms with E-state index in [0.29, 0.717) is 6.54 Å². The second kappa shape index (κ2) is 24.4. The van der Waals surface area contributed by atoms with Crippen LogP contribution < -0.4 is 43.3 Å². The molecular formula is C66H64Cl2N2P2Ru. The molecule has 10 aromatic rings. The molecule has 0 heterocycles. The fourth-order valence-corrected chi connectivity index (χ4v) is 16.2. The number of hydrogen-bond donors (Lipinski definition) is 2. The molecule has 0 atom stereocenters. The SMILES string of the molecule is Cc1cc(C)cc(P(c2cc(C)cc(C)c2)c2ccc3ccccc3c2-c2c(P(c3cc(C)cc(C)c3)c3cc(C)cc(C)c3)ccc3ccccc23)c1.NCC(N)(c1ccccc1)c1ccccc1.[Cl][Ru][Cl]. The van der Waals surface area contributed by atoms with E-state index in [0.717, 1.165) is 11.1 Å². The standard InChI is InChI=1S/C52H48P2.C14H16N2.2ClH.Ru/c1-33-21-34(2)26-43(25-33)53(44-27-35(3)22-36(4)28-44)49-19-17-41-13-9-11-15-47(41)51(49)52-48-16-12-10-14-42(48)18-20-50(52)54(45-29-37(5)23-38(6)30-45)46-31-39(7)24-40(8)32-46;15-11-14(16,12-7-3-1-4-8-12)13-9-5-2-6-10-13;;;/h9-32H,1-8H3;1-10H,11,15-16H2;2*1H;/q;;;;+2/p-2. The van der Waals surface area contributed by atoms with Gasteiger partial charge in [0.1, 0.15) is 0 Å². The van der Waals surface area contributed by atoms with Crippen LogP contribution in [0.1, 0.15) is 55.6 Å². The molecule has 0 saturated carbocycles. The zero-order valence-corrected chi connectivity index (χ0v) is 48.0. The van der Waals surface area contributed by atoms with E-state index in [2.05, 4.69) is 201 Å². The predicted molar refractivity (Wildman–Crippen MR) is 321 cm³/mol. The third kappa shape index (κ3) is 12.5. The zero-order chi connectivity index (χ0) is 51.8. The van der Waals surface area contributed by atoms with Crippen LogP contribution in [-0.2, 0) is 20.7 Å². The number of rotatable bonds is 10. The van der Waals surface area contributed by atoms with Crippen molar-refractivity contribution in [1.82, 2.24) is 0 Å². The van der Waals surface area contributed by atoms with E-state index in [1.54, 1.807) is 0 Å². The molecule has 4 N–H and O–H groups in total. The number of halogens is 2. The van der Waals surface area contributed by atoms with Crippen molar-refractivity contribution in [3.8, 4) is 11.1 Å². The Hall–Kier alpha value is -5.30. The summed E-state index contributed by atoms with van der Waals surface area (Å²) in [6.45, 7) is 18.4. The van der Waals surface area contributed by atoms with Gasteiger partial charge in [0.25, 0.3) is 0 Å². The molecule has 0 radical (unpaired) electrons. The van der Waals surface area contributed by atoms with E-state index in [1.165, 1.54) is 109 Å². The first-order valence-electron chi connectivity index (χ1n) is 24.6. The molecule has 370 valence electrons. The van der Waals surface area contributed by atoms with Crippen molar-refractivity contribution in [3.63, 3.8) is 0 Å². The summed E-state index contributed by atoms with van der Waals surface area (Å²) in [5.41, 5.74) is 27.0. The van der Waals surface area contributed by atoms with Crippen molar-refractivity contribution < 1.29 is 15.1 Å². The number of fused-ring (bicyclic) bond motifs is 2. The molecule has 0 bridgehead atoms. The van der Waals surface area contributed by atoms with Crippen molar-refractivity contribution >= 4 is 88.6 Å². The van der Waals surface area contributed by atoms with Gasteiger partial charge in [-0.3, -0.25) is 0 Å². The van der Waals surface area contributed by atoms with Crippen LogP contribution >= 0.6 is 35.2 Å². The van der Waals surface area contributed by atoms with Crippen molar-refractivity contribution in [1.29, 1.82) is 0 Å². The van der Waals surface area contributed by atoms with Crippen LogP contribution in [0.2, 0.25) is 0 Å². The summed E-state index contributed by atoms with van der Waals surface area (Å²) < 4.78 is 0. The molecule has 10 rings (SSSR count). The van der Waals surface area contributed by atoms with E-state index in [-0.39, 0.29) is 15.1 Å². The van der Waals surface area contributed by atoms with Crippen molar-refractivity contribution in [2.75, 3.05) is 6.54 Å². The first-order valence-corrected chi connectivity index (χ1v) is 31.8. The van der Waals surface area contributed by atoms with Crippen LogP contribution in [0.15, 0.2) is 206 Å². The molecule has 0 fully saturated rings. The summed E-state index contributed by atoms with van der Waals surface area (Å²) in [5, 5.41) is 13.6. The Kier molecular flexibility index (Phi) is 18.0. The quantitative estimate of drug-likeness (QED) is 0.106. The van der Waals surface area contributed by atoms with E-state index >= 15 is 0 Å². The van der Waals surface area contributed by atoms with E-state index in [4.69, 9.17) is 30.8 Å². The van der Waals surface area contributed by atoms with Crippen LogP contribution in [0.5, 0.6) is 0 Å². The summed E-state index contributed by atoms with van der Waals surface area (Å²) in [7, 11) is 7.83. The fraction of sp³-hybridized carbons (Fsp3) is 0.152. The number of nitrogens with two attached hydrogens (primary N) is 2. The van der Waals surface area contributed by atoms with Crippen LogP contribution in [-0.4, -0.2) is 6.54 Å². The van der Waals surface area contributed by atoms with Gasteiger partial charge in [0.15, 0.2) is 0 Å². The van der Waals surface area contributed by atoms with Crippen molar-refractivity contribution in [2.24, 2.45) is 11.5 Å². The second-order valence-corrected chi connectivity index (χ2v) is 26.4. The molecule has 0 aliphatic heterocycles. The Morgan fingerprint density at radius 1 is 0.370 bits per heavy atom. The summed E-state index contributed by atoms with van der Waals surface area (Å²) in [4.78, 5) is 0. The molecule has 73 heavy (non-hydrogen) atoms. The molecule has 0 saturated heterocycles. The molecule has 10 aromatic carbocycles. The van der Waals surface area contributed by atoms with Gasteiger partial charge in [-0.25, -0.2) is 0 Å². The Morgan fingerprint density at radius 2 is 0.630 bits per heavy atom. The molecule has 0 unspecified atom stereocenters. The molecule has 0 spiro atoms. The third-order valence-electron chi connectivity index (χ3n) is 13.3. The average Bonchev–Trinajstić information content (AvgIpc) is 3.36. The molecule has 2 nitrogen and oxygen atoms in total. The number of hydrogen-bond acceptors (Lipinski definition) is 2. The van der Waals surface area contributed by atoms with Crippen LogP contribution in [0.25, 0.3) is 32.7 Å². The van der Waals surface area contributed by atoms with Gasteiger partial charge in [-0.05, 0) is 147 Å². The van der Waals surface area contributed by atoms with Gasteiger partial charge in [-0.15, -0.1) is 0 Å². The van der Waals surface area contributed by atoms with Crippen LogP contribution in [0.4, 0.5) is 0 Å². The molecule has 0 aliphatic carbocycles. The fourth-order valence-electron chi connectivity index (χ4n) is 10.5. The number of benzene rings is 10. The van der Waals surface area contributed by atoms with Crippen molar-refractivity contribution in [2.45, 2.75) is 60.9 Å². The summed E-state index contributed by atoms with van der Waals surface area (Å²) in [6, 6.07) is 76.5.